The van der Waals surface area contributed by atoms with E-state index in [1.807, 2.05) is 0 Å². The van der Waals surface area contributed by atoms with Crippen LogP contribution < -0.4 is 0 Å². The van der Waals surface area contributed by atoms with Crippen molar-refractivity contribution in [1.29, 1.82) is 0 Å². The number of unbranched alkanes of at least 4 members (excludes halogenated alkanes) is 13. The maximum absolute atomic E-state index is 8.76. The van der Waals surface area contributed by atoms with Gasteiger partial charge in [0.05, 0.1) is 0 Å². The van der Waals surface area contributed by atoms with Gasteiger partial charge in [-0.15, -0.1) is 0 Å². The third-order valence-corrected chi connectivity index (χ3v) is 6.13. The highest BCUT2D eigenvalue weighted by molar-refractivity contribution is 5.01. The molecule has 0 radical (unpaired) electrons. The van der Waals surface area contributed by atoms with Gasteiger partial charge in [-0.3, -0.25) is 0 Å². The highest BCUT2D eigenvalue weighted by Crippen LogP contribution is 2.13. The third kappa shape index (κ3) is 32.4. The smallest absolute Gasteiger partial charge is 0.0431 e. The first-order valence-electron chi connectivity index (χ1n) is 14.9. The van der Waals surface area contributed by atoms with Crippen LogP contribution >= 0.6 is 0 Å². The molecule has 0 heterocycles. The van der Waals surface area contributed by atoms with Gasteiger partial charge < -0.3 is 5.11 Å². The second-order valence-corrected chi connectivity index (χ2v) is 9.52. The first kappa shape index (κ1) is 33.4. The second kappa shape index (κ2) is 32.4. The zero-order chi connectivity index (χ0) is 25.3. The van der Waals surface area contributed by atoms with Gasteiger partial charge in [0.15, 0.2) is 0 Å². The fourth-order valence-electron chi connectivity index (χ4n) is 3.96. The molecule has 0 aromatic heterocycles. The average Bonchev–Trinajstić information content (AvgIpc) is 2.87. The largest absolute Gasteiger partial charge is 0.396 e. The molecule has 0 aliphatic rings. The molecular weight excluding hydrogens is 424 g/mol. The van der Waals surface area contributed by atoms with Crippen molar-refractivity contribution in [3.8, 4) is 0 Å². The average molecular weight is 483 g/mol. The lowest BCUT2D eigenvalue weighted by Gasteiger charge is -2.02. The standard InChI is InChI=1S/C34H58O/c1-2-3-4-5-6-7-8-9-10-11-12-13-14-15-16-17-18-19-20-21-22-23-24-25-26-27-28-29-30-31-32-33-34-35/h3-4,6-7,9-10,12-13,15-16,18-19,35H,2,5,8,11,14,17,20-34H2,1H3/b4-3-,7-6-,10-9-,13-12-,16-15-,19-18-. The number of aliphatic hydroxyl groups excluding tert-OH is 1. The number of hydrogen-bond acceptors (Lipinski definition) is 1. The molecule has 35 heavy (non-hydrogen) atoms. The predicted molar refractivity (Wildman–Crippen MR) is 160 cm³/mol. The summed E-state index contributed by atoms with van der Waals surface area (Å²) in [7, 11) is 0. The summed E-state index contributed by atoms with van der Waals surface area (Å²) >= 11 is 0. The Kier molecular flexibility index (Phi) is 30.9. The molecule has 0 atom stereocenters. The Morgan fingerprint density at radius 1 is 0.343 bits per heavy atom. The van der Waals surface area contributed by atoms with Crippen molar-refractivity contribution < 1.29 is 5.11 Å². The fourth-order valence-corrected chi connectivity index (χ4v) is 3.96. The number of aliphatic hydroxyl groups is 1. The number of hydrogen-bond donors (Lipinski definition) is 1. The van der Waals surface area contributed by atoms with Crippen LogP contribution in [-0.2, 0) is 0 Å². The third-order valence-electron chi connectivity index (χ3n) is 6.13. The first-order chi connectivity index (χ1) is 17.4. The molecule has 1 heteroatoms. The Morgan fingerprint density at radius 2 is 0.629 bits per heavy atom. The van der Waals surface area contributed by atoms with E-state index in [2.05, 4.69) is 79.8 Å². The van der Waals surface area contributed by atoms with E-state index in [-0.39, 0.29) is 0 Å². The summed E-state index contributed by atoms with van der Waals surface area (Å²) in [6.07, 6.45) is 52.2. The molecule has 0 bridgehead atoms. The van der Waals surface area contributed by atoms with Gasteiger partial charge in [-0.1, -0.05) is 150 Å². The van der Waals surface area contributed by atoms with Gasteiger partial charge in [-0.25, -0.2) is 0 Å². The van der Waals surface area contributed by atoms with Gasteiger partial charge in [0, 0.05) is 6.61 Å². The minimum atomic E-state index is 0.362. The van der Waals surface area contributed by atoms with Crippen LogP contribution in [-0.4, -0.2) is 11.7 Å². The molecule has 0 aromatic carbocycles. The lowest BCUT2D eigenvalue weighted by Crippen LogP contribution is -1.85. The fraction of sp³-hybridized carbons (Fsp3) is 0.647. The molecule has 0 saturated heterocycles. The monoisotopic (exact) mass is 482 g/mol. The van der Waals surface area contributed by atoms with Gasteiger partial charge in [0.25, 0.3) is 0 Å². The Morgan fingerprint density at radius 3 is 0.971 bits per heavy atom. The van der Waals surface area contributed by atoms with Gasteiger partial charge in [0.1, 0.15) is 0 Å². The summed E-state index contributed by atoms with van der Waals surface area (Å²) in [4.78, 5) is 0. The molecule has 0 unspecified atom stereocenters. The van der Waals surface area contributed by atoms with Crippen LogP contribution in [0.2, 0.25) is 0 Å². The molecule has 0 amide bonds. The van der Waals surface area contributed by atoms with Crippen molar-refractivity contribution in [3.63, 3.8) is 0 Å². The lowest BCUT2D eigenvalue weighted by atomic mass is 10.0. The zero-order valence-corrected chi connectivity index (χ0v) is 23.2. The zero-order valence-electron chi connectivity index (χ0n) is 23.2. The second-order valence-electron chi connectivity index (χ2n) is 9.52. The van der Waals surface area contributed by atoms with Gasteiger partial charge in [-0.2, -0.15) is 0 Å². The van der Waals surface area contributed by atoms with E-state index in [9.17, 15) is 0 Å². The minimum Gasteiger partial charge on any atom is -0.396 e. The molecule has 0 saturated carbocycles. The summed E-state index contributed by atoms with van der Waals surface area (Å²) in [6.45, 7) is 2.53. The van der Waals surface area contributed by atoms with Crippen LogP contribution in [0.3, 0.4) is 0 Å². The molecule has 1 nitrogen and oxygen atoms in total. The maximum atomic E-state index is 8.76. The molecule has 1 N–H and O–H groups in total. The molecule has 0 aromatic rings. The summed E-state index contributed by atoms with van der Waals surface area (Å²) in [5, 5.41) is 8.76. The summed E-state index contributed by atoms with van der Waals surface area (Å²) < 4.78 is 0. The van der Waals surface area contributed by atoms with Crippen molar-refractivity contribution in [2.45, 2.75) is 135 Å². The Labute approximate surface area is 219 Å². The normalized spacial score (nSPS) is 12.9. The molecule has 0 spiro atoms. The highest BCUT2D eigenvalue weighted by Gasteiger charge is 1.93. The summed E-state index contributed by atoms with van der Waals surface area (Å²) in [5.41, 5.74) is 0. The predicted octanol–water partition coefficient (Wildman–Crippen LogP) is 11.1. The molecule has 0 rings (SSSR count). The van der Waals surface area contributed by atoms with Crippen LogP contribution in [0.1, 0.15) is 135 Å². The van der Waals surface area contributed by atoms with E-state index in [0.29, 0.717) is 6.61 Å². The van der Waals surface area contributed by atoms with Crippen molar-refractivity contribution in [2.24, 2.45) is 0 Å². The van der Waals surface area contributed by atoms with Crippen molar-refractivity contribution in [2.75, 3.05) is 6.61 Å². The quantitative estimate of drug-likeness (QED) is 0.0959. The van der Waals surface area contributed by atoms with Gasteiger partial charge >= 0.3 is 0 Å². The van der Waals surface area contributed by atoms with Crippen molar-refractivity contribution >= 4 is 0 Å². The number of allylic oxidation sites excluding steroid dienone is 12. The van der Waals surface area contributed by atoms with E-state index in [1.54, 1.807) is 0 Å². The maximum Gasteiger partial charge on any atom is 0.0431 e. The van der Waals surface area contributed by atoms with E-state index in [1.165, 1.54) is 83.5 Å². The summed E-state index contributed by atoms with van der Waals surface area (Å²) in [6, 6.07) is 0. The van der Waals surface area contributed by atoms with Crippen LogP contribution in [0.5, 0.6) is 0 Å². The van der Waals surface area contributed by atoms with Crippen molar-refractivity contribution in [3.05, 3.63) is 72.9 Å². The van der Waals surface area contributed by atoms with Crippen LogP contribution in [0.15, 0.2) is 72.9 Å². The van der Waals surface area contributed by atoms with Gasteiger partial charge in [-0.05, 0) is 57.8 Å². The number of rotatable bonds is 26. The SMILES string of the molecule is CC/C=C\C/C=C\C/C=C\C/C=C\C/C=C\C/C=C\CCCCCCCCCCCCCCCO. The Hall–Kier alpha value is -1.60. The summed E-state index contributed by atoms with van der Waals surface area (Å²) in [5.74, 6) is 0. The topological polar surface area (TPSA) is 20.2 Å². The molecular formula is C34H58O. The van der Waals surface area contributed by atoms with E-state index in [4.69, 9.17) is 5.11 Å². The van der Waals surface area contributed by atoms with Crippen LogP contribution in [0.25, 0.3) is 0 Å². The van der Waals surface area contributed by atoms with Crippen LogP contribution in [0, 0.1) is 0 Å². The van der Waals surface area contributed by atoms with Crippen LogP contribution in [0.4, 0.5) is 0 Å². The molecule has 0 aliphatic carbocycles. The molecule has 0 aliphatic heterocycles. The Bertz CT molecular complexity index is 561. The lowest BCUT2D eigenvalue weighted by molar-refractivity contribution is 0.282. The minimum absolute atomic E-state index is 0.362. The Balaban J connectivity index is 3.33. The van der Waals surface area contributed by atoms with E-state index >= 15 is 0 Å². The molecule has 0 fully saturated rings. The van der Waals surface area contributed by atoms with E-state index < -0.39 is 0 Å². The van der Waals surface area contributed by atoms with Crippen molar-refractivity contribution in [1.82, 2.24) is 0 Å². The first-order valence-corrected chi connectivity index (χ1v) is 14.9. The molecule has 200 valence electrons. The van der Waals surface area contributed by atoms with E-state index in [0.717, 1.165) is 44.9 Å². The highest BCUT2D eigenvalue weighted by atomic mass is 16.2. The van der Waals surface area contributed by atoms with Gasteiger partial charge in [0.2, 0.25) is 0 Å².